The van der Waals surface area contributed by atoms with Gasteiger partial charge in [0.1, 0.15) is 11.7 Å². The first-order valence-electron chi connectivity index (χ1n) is 9.47. The second kappa shape index (κ2) is 9.01. The maximum absolute atomic E-state index is 11.6. The van der Waals surface area contributed by atoms with Crippen molar-refractivity contribution in [2.24, 2.45) is 0 Å². The monoisotopic (exact) mass is 380 g/mol. The molecule has 2 rings (SSSR count). The second-order valence-corrected chi connectivity index (χ2v) is 8.13. The number of piperidine rings is 1. The SMILES string of the molecule is CC(C)(C)OC(=O)NCCC(O)C(O)c1ccc(C2(O)CCNCC2)cc1. The van der Waals surface area contributed by atoms with E-state index >= 15 is 0 Å². The Bertz CT molecular complexity index is 606. The number of ether oxygens (including phenoxy) is 1. The van der Waals surface area contributed by atoms with Gasteiger partial charge in [0, 0.05) is 6.54 Å². The fraction of sp³-hybridized carbons (Fsp3) is 0.650. The number of carbonyl (C=O) groups is 1. The fourth-order valence-electron chi connectivity index (χ4n) is 3.14. The minimum atomic E-state index is -1.07. The summed E-state index contributed by atoms with van der Waals surface area (Å²) in [6, 6.07) is 7.06. The van der Waals surface area contributed by atoms with E-state index in [2.05, 4.69) is 10.6 Å². The maximum Gasteiger partial charge on any atom is 0.407 e. The highest BCUT2D eigenvalue weighted by molar-refractivity contribution is 5.67. The first kappa shape index (κ1) is 21.6. The summed E-state index contributed by atoms with van der Waals surface area (Å²) in [7, 11) is 0. The molecule has 0 aliphatic carbocycles. The standard InChI is InChI=1S/C20H32N2O5/c1-19(2,3)27-18(25)22-11-8-16(23)17(24)14-4-6-15(7-5-14)20(26)9-12-21-13-10-20/h4-7,16-17,21,23-24,26H,8-13H2,1-3H3,(H,22,25). The van der Waals surface area contributed by atoms with Crippen molar-refractivity contribution in [3.63, 3.8) is 0 Å². The zero-order valence-corrected chi connectivity index (χ0v) is 16.4. The molecule has 1 fully saturated rings. The summed E-state index contributed by atoms with van der Waals surface area (Å²) in [4.78, 5) is 11.6. The van der Waals surface area contributed by atoms with Crippen LogP contribution in [-0.2, 0) is 10.3 Å². The number of aliphatic hydroxyl groups is 3. The topological polar surface area (TPSA) is 111 Å². The van der Waals surface area contributed by atoms with Gasteiger partial charge in [0.25, 0.3) is 0 Å². The summed E-state index contributed by atoms with van der Waals surface area (Å²) in [5.74, 6) is 0. The predicted octanol–water partition coefficient (Wildman–Crippen LogP) is 1.57. The first-order valence-corrected chi connectivity index (χ1v) is 9.47. The van der Waals surface area contributed by atoms with Crippen molar-refractivity contribution in [1.29, 1.82) is 0 Å². The van der Waals surface area contributed by atoms with Crippen LogP contribution >= 0.6 is 0 Å². The molecule has 1 heterocycles. The first-order chi connectivity index (χ1) is 12.6. The van der Waals surface area contributed by atoms with Gasteiger partial charge in [-0.2, -0.15) is 0 Å². The average molecular weight is 380 g/mol. The molecule has 1 saturated heterocycles. The summed E-state index contributed by atoms with van der Waals surface area (Å²) in [6.45, 7) is 7.05. The highest BCUT2D eigenvalue weighted by Gasteiger charge is 2.31. The number of rotatable bonds is 6. The smallest absolute Gasteiger partial charge is 0.407 e. The van der Waals surface area contributed by atoms with Crippen LogP contribution in [0.15, 0.2) is 24.3 Å². The fourth-order valence-corrected chi connectivity index (χ4v) is 3.14. The van der Waals surface area contributed by atoms with Crippen LogP contribution < -0.4 is 10.6 Å². The lowest BCUT2D eigenvalue weighted by Crippen LogP contribution is -2.39. The van der Waals surface area contributed by atoms with Crippen molar-refractivity contribution >= 4 is 6.09 Å². The van der Waals surface area contributed by atoms with Gasteiger partial charge in [-0.1, -0.05) is 24.3 Å². The van der Waals surface area contributed by atoms with E-state index in [9.17, 15) is 20.1 Å². The van der Waals surface area contributed by atoms with Crippen LogP contribution in [0.5, 0.6) is 0 Å². The van der Waals surface area contributed by atoms with E-state index in [-0.39, 0.29) is 13.0 Å². The molecule has 0 spiro atoms. The molecule has 1 aromatic carbocycles. The zero-order valence-electron chi connectivity index (χ0n) is 16.4. The molecular formula is C20H32N2O5. The van der Waals surface area contributed by atoms with E-state index in [0.29, 0.717) is 18.4 Å². The average Bonchev–Trinajstić information content (AvgIpc) is 2.60. The minimum absolute atomic E-state index is 0.192. The summed E-state index contributed by atoms with van der Waals surface area (Å²) in [5, 5.41) is 37.0. The Hall–Kier alpha value is -1.67. The second-order valence-electron chi connectivity index (χ2n) is 8.13. The van der Waals surface area contributed by atoms with E-state index in [1.807, 2.05) is 0 Å². The Labute approximate surface area is 160 Å². The number of aliphatic hydroxyl groups excluding tert-OH is 2. The van der Waals surface area contributed by atoms with E-state index < -0.39 is 29.5 Å². The van der Waals surface area contributed by atoms with Gasteiger partial charge in [-0.05, 0) is 64.3 Å². The largest absolute Gasteiger partial charge is 0.444 e. The van der Waals surface area contributed by atoms with E-state index in [1.54, 1.807) is 45.0 Å². The van der Waals surface area contributed by atoms with Gasteiger partial charge in [-0.3, -0.25) is 0 Å². The number of hydrogen-bond acceptors (Lipinski definition) is 6. The lowest BCUT2D eigenvalue weighted by Gasteiger charge is -2.33. The van der Waals surface area contributed by atoms with Crippen LogP contribution in [0.1, 0.15) is 57.3 Å². The molecule has 7 nitrogen and oxygen atoms in total. The van der Waals surface area contributed by atoms with Crippen LogP contribution in [0.4, 0.5) is 4.79 Å². The molecule has 5 N–H and O–H groups in total. The third-order valence-electron chi connectivity index (χ3n) is 4.69. The van der Waals surface area contributed by atoms with Crippen LogP contribution in [0.25, 0.3) is 0 Å². The molecule has 0 aromatic heterocycles. The highest BCUT2D eigenvalue weighted by Crippen LogP contribution is 2.31. The van der Waals surface area contributed by atoms with Gasteiger partial charge in [-0.15, -0.1) is 0 Å². The van der Waals surface area contributed by atoms with Gasteiger partial charge in [0.2, 0.25) is 0 Å². The molecule has 0 bridgehead atoms. The van der Waals surface area contributed by atoms with E-state index in [0.717, 1.165) is 18.7 Å². The van der Waals surface area contributed by atoms with Crippen molar-refractivity contribution in [2.45, 2.75) is 63.4 Å². The van der Waals surface area contributed by atoms with Gasteiger partial charge in [0.15, 0.2) is 0 Å². The quantitative estimate of drug-likeness (QED) is 0.512. The third kappa shape index (κ3) is 6.46. The molecule has 0 radical (unpaired) electrons. The Balaban J connectivity index is 1.85. The molecule has 0 saturated carbocycles. The lowest BCUT2D eigenvalue weighted by atomic mass is 9.84. The highest BCUT2D eigenvalue weighted by atomic mass is 16.6. The predicted molar refractivity (Wildman–Crippen MR) is 102 cm³/mol. The summed E-state index contributed by atoms with van der Waals surface area (Å²) >= 11 is 0. The third-order valence-corrected chi connectivity index (χ3v) is 4.69. The molecule has 27 heavy (non-hydrogen) atoms. The number of carbonyl (C=O) groups excluding carboxylic acids is 1. The minimum Gasteiger partial charge on any atom is -0.444 e. The molecule has 1 aliphatic rings. The van der Waals surface area contributed by atoms with Crippen molar-refractivity contribution < 1.29 is 24.9 Å². The van der Waals surface area contributed by atoms with Crippen LogP contribution in [0, 0.1) is 0 Å². The van der Waals surface area contributed by atoms with Crippen molar-refractivity contribution in [1.82, 2.24) is 10.6 Å². The van der Waals surface area contributed by atoms with E-state index in [4.69, 9.17) is 4.74 Å². The van der Waals surface area contributed by atoms with Crippen molar-refractivity contribution in [2.75, 3.05) is 19.6 Å². The molecule has 7 heteroatoms. The van der Waals surface area contributed by atoms with Gasteiger partial charge < -0.3 is 30.7 Å². The normalized spacial score (nSPS) is 19.2. The van der Waals surface area contributed by atoms with E-state index in [1.165, 1.54) is 0 Å². The van der Waals surface area contributed by atoms with Crippen molar-refractivity contribution in [3.05, 3.63) is 35.4 Å². The van der Waals surface area contributed by atoms with Crippen LogP contribution in [-0.4, -0.2) is 52.8 Å². The lowest BCUT2D eigenvalue weighted by molar-refractivity contribution is 0.00518. The summed E-state index contributed by atoms with van der Waals surface area (Å²) < 4.78 is 5.12. The number of hydrogen-bond donors (Lipinski definition) is 5. The zero-order chi connectivity index (χ0) is 20.1. The van der Waals surface area contributed by atoms with Gasteiger partial charge in [-0.25, -0.2) is 4.79 Å². The van der Waals surface area contributed by atoms with Crippen molar-refractivity contribution in [3.8, 4) is 0 Å². The Morgan fingerprint density at radius 1 is 1.22 bits per heavy atom. The molecule has 2 atom stereocenters. The Morgan fingerprint density at radius 2 is 1.81 bits per heavy atom. The summed E-state index contributed by atoms with van der Waals surface area (Å²) in [6.07, 6.45) is -1.15. The molecule has 1 aromatic rings. The van der Waals surface area contributed by atoms with Gasteiger partial charge >= 0.3 is 6.09 Å². The molecule has 2 unspecified atom stereocenters. The van der Waals surface area contributed by atoms with Crippen LogP contribution in [0.2, 0.25) is 0 Å². The summed E-state index contributed by atoms with van der Waals surface area (Å²) in [5.41, 5.74) is -0.0327. The number of nitrogens with one attached hydrogen (secondary N) is 2. The Morgan fingerprint density at radius 3 is 2.37 bits per heavy atom. The number of benzene rings is 1. The maximum atomic E-state index is 11.6. The van der Waals surface area contributed by atoms with Gasteiger partial charge in [0.05, 0.1) is 11.7 Å². The molecule has 1 amide bonds. The molecular weight excluding hydrogens is 348 g/mol. The Kier molecular flexibility index (Phi) is 7.22. The molecule has 1 aliphatic heterocycles. The molecule has 152 valence electrons. The van der Waals surface area contributed by atoms with Crippen LogP contribution in [0.3, 0.4) is 0 Å². The number of amides is 1. The number of alkyl carbamates (subject to hydrolysis) is 1.